The van der Waals surface area contributed by atoms with Gasteiger partial charge in [-0.1, -0.05) is 24.3 Å². The molecule has 2 aromatic carbocycles. The Morgan fingerprint density at radius 1 is 1.03 bits per heavy atom. The number of rotatable bonds is 8. The van der Waals surface area contributed by atoms with Crippen LogP contribution in [0.2, 0.25) is 0 Å². The van der Waals surface area contributed by atoms with Gasteiger partial charge in [0.15, 0.2) is 15.0 Å². The zero-order valence-electron chi connectivity index (χ0n) is 19.1. The molecule has 0 fully saturated rings. The number of carbonyl (C=O) groups excluding carboxylic acids is 1. The number of nitrogens with zero attached hydrogens (tertiary/aromatic N) is 3. The molecule has 0 radical (unpaired) electrons. The molecule has 0 atom stereocenters. The van der Waals surface area contributed by atoms with Crippen LogP contribution in [0.1, 0.15) is 34.8 Å². The Morgan fingerprint density at radius 3 is 2.28 bits per heavy atom. The maximum atomic E-state index is 13.4. The van der Waals surface area contributed by atoms with Crippen LogP contribution in [0.25, 0.3) is 10.2 Å². The van der Waals surface area contributed by atoms with Gasteiger partial charge in [-0.25, -0.2) is 13.4 Å². The van der Waals surface area contributed by atoms with Gasteiger partial charge < -0.3 is 4.90 Å². The summed E-state index contributed by atoms with van der Waals surface area (Å²) >= 11 is 1.51. The predicted octanol–water partition coefficient (Wildman–Crippen LogP) is 4.73. The number of aromatic nitrogens is 1. The molecule has 1 heterocycles. The highest BCUT2D eigenvalue weighted by Crippen LogP contribution is 2.32. The van der Waals surface area contributed by atoms with Crippen molar-refractivity contribution in [3.63, 3.8) is 0 Å². The number of anilines is 1. The third-order valence-corrected chi connectivity index (χ3v) is 8.17. The minimum atomic E-state index is -3.30. The van der Waals surface area contributed by atoms with Gasteiger partial charge in [-0.3, -0.25) is 9.69 Å². The number of fused-ring (bicyclic) bond motifs is 1. The van der Waals surface area contributed by atoms with Crippen molar-refractivity contribution in [2.45, 2.75) is 32.1 Å². The second-order valence-corrected chi connectivity index (χ2v) is 11.2. The summed E-state index contributed by atoms with van der Waals surface area (Å²) in [5.74, 6) is -0.144. The number of hydrogen-bond acceptors (Lipinski definition) is 6. The normalized spacial score (nSPS) is 11.6. The molecule has 0 spiro atoms. The molecule has 1 aromatic heterocycles. The molecule has 32 heavy (non-hydrogen) atoms. The molecule has 0 aliphatic rings. The highest BCUT2D eigenvalue weighted by molar-refractivity contribution is 7.91. The van der Waals surface area contributed by atoms with Gasteiger partial charge >= 0.3 is 0 Å². The summed E-state index contributed by atoms with van der Waals surface area (Å²) in [6.45, 7) is 7.09. The molecule has 0 saturated heterocycles. The molecule has 0 aliphatic heterocycles. The number of thiazole rings is 1. The summed E-state index contributed by atoms with van der Waals surface area (Å²) in [7, 11) is 0.702. The van der Waals surface area contributed by atoms with Crippen LogP contribution in [-0.4, -0.2) is 57.1 Å². The number of sulfone groups is 1. The van der Waals surface area contributed by atoms with Gasteiger partial charge in [-0.15, -0.1) is 12.4 Å². The minimum absolute atomic E-state index is 0. The van der Waals surface area contributed by atoms with Crippen LogP contribution < -0.4 is 4.90 Å². The van der Waals surface area contributed by atoms with Crippen LogP contribution in [0.4, 0.5) is 5.13 Å². The number of aryl methyl sites for hydroxylation is 2. The zero-order chi connectivity index (χ0) is 22.8. The lowest BCUT2D eigenvalue weighted by atomic mass is 10.1. The monoisotopic (exact) mass is 495 g/mol. The molecule has 6 nitrogen and oxygen atoms in total. The van der Waals surface area contributed by atoms with Gasteiger partial charge in [-0.2, -0.15) is 0 Å². The van der Waals surface area contributed by atoms with E-state index in [1.54, 1.807) is 24.0 Å². The molecule has 0 unspecified atom stereocenters. The molecule has 0 bridgehead atoms. The fourth-order valence-electron chi connectivity index (χ4n) is 3.29. The summed E-state index contributed by atoms with van der Waals surface area (Å²) in [5.41, 5.74) is 3.67. The number of carbonyl (C=O) groups is 1. The molecule has 9 heteroatoms. The van der Waals surface area contributed by atoms with Gasteiger partial charge in [0, 0.05) is 12.1 Å². The second-order valence-electron chi connectivity index (χ2n) is 7.89. The first kappa shape index (κ1) is 26.3. The van der Waals surface area contributed by atoms with Crippen molar-refractivity contribution in [1.82, 2.24) is 9.88 Å². The molecule has 1 amide bonds. The maximum Gasteiger partial charge on any atom is 0.260 e. The van der Waals surface area contributed by atoms with Crippen molar-refractivity contribution in [3.05, 3.63) is 53.1 Å². The summed E-state index contributed by atoms with van der Waals surface area (Å²) in [4.78, 5) is 22.2. The van der Waals surface area contributed by atoms with Gasteiger partial charge in [0.05, 0.1) is 20.9 Å². The molecule has 0 N–H and O–H groups in total. The topological polar surface area (TPSA) is 70.6 Å². The van der Waals surface area contributed by atoms with Crippen molar-refractivity contribution in [1.29, 1.82) is 0 Å². The van der Waals surface area contributed by atoms with Gasteiger partial charge in [-0.05, 0) is 82.4 Å². The van der Waals surface area contributed by atoms with Crippen molar-refractivity contribution >= 4 is 54.8 Å². The predicted molar refractivity (Wildman–Crippen MR) is 135 cm³/mol. The summed E-state index contributed by atoms with van der Waals surface area (Å²) in [5, 5.41) is 0.665. The molecule has 0 saturated carbocycles. The SMILES string of the molecule is CCS(=O)(=O)c1ccc(C(=O)N(CCCN(C)C)c2nc3c(C)c(C)ccc3s2)cc1.Cl. The van der Waals surface area contributed by atoms with Gasteiger partial charge in [0.1, 0.15) is 0 Å². The maximum absolute atomic E-state index is 13.4. The Bertz CT molecular complexity index is 1190. The summed E-state index contributed by atoms with van der Waals surface area (Å²) in [6, 6.07) is 10.3. The van der Waals surface area contributed by atoms with E-state index < -0.39 is 9.84 Å². The largest absolute Gasteiger partial charge is 0.309 e. The molecular formula is C23H30ClN3O3S2. The van der Waals surface area contributed by atoms with E-state index in [9.17, 15) is 13.2 Å². The van der Waals surface area contributed by atoms with Crippen LogP contribution in [0, 0.1) is 13.8 Å². The van der Waals surface area contributed by atoms with Crippen molar-refractivity contribution in [2.24, 2.45) is 0 Å². The van der Waals surface area contributed by atoms with Crippen molar-refractivity contribution < 1.29 is 13.2 Å². The first-order valence-corrected chi connectivity index (χ1v) is 12.8. The summed E-state index contributed by atoms with van der Waals surface area (Å²) in [6.07, 6.45) is 0.801. The molecule has 3 aromatic rings. The molecular weight excluding hydrogens is 466 g/mol. The van der Waals surface area contributed by atoms with E-state index in [2.05, 4.69) is 17.9 Å². The van der Waals surface area contributed by atoms with Crippen molar-refractivity contribution in [2.75, 3.05) is 37.8 Å². The van der Waals surface area contributed by atoms with E-state index in [0.717, 1.165) is 28.7 Å². The van der Waals surface area contributed by atoms with Crippen LogP contribution in [-0.2, 0) is 9.84 Å². The van der Waals surface area contributed by atoms with E-state index in [1.807, 2.05) is 27.1 Å². The van der Waals surface area contributed by atoms with Crippen LogP contribution in [0.5, 0.6) is 0 Å². The Balaban J connectivity index is 0.00000363. The van der Waals surface area contributed by atoms with E-state index >= 15 is 0 Å². The average molecular weight is 496 g/mol. The lowest BCUT2D eigenvalue weighted by Gasteiger charge is -2.21. The van der Waals surface area contributed by atoms with Gasteiger partial charge in [0.25, 0.3) is 5.91 Å². The van der Waals surface area contributed by atoms with E-state index in [0.29, 0.717) is 17.2 Å². The summed E-state index contributed by atoms with van der Waals surface area (Å²) < 4.78 is 25.2. The molecule has 174 valence electrons. The van der Waals surface area contributed by atoms with Crippen molar-refractivity contribution in [3.8, 4) is 0 Å². The fraction of sp³-hybridized carbons (Fsp3) is 0.391. The lowest BCUT2D eigenvalue weighted by molar-refractivity contribution is 0.0986. The number of amides is 1. The highest BCUT2D eigenvalue weighted by atomic mass is 35.5. The minimum Gasteiger partial charge on any atom is -0.309 e. The number of benzene rings is 2. The Morgan fingerprint density at radius 2 is 1.69 bits per heavy atom. The van der Waals surface area contributed by atoms with Gasteiger partial charge in [0.2, 0.25) is 0 Å². The quantitative estimate of drug-likeness (QED) is 0.452. The first-order valence-electron chi connectivity index (χ1n) is 10.3. The first-order chi connectivity index (χ1) is 14.6. The Kier molecular flexibility index (Phi) is 8.82. The van der Waals surface area contributed by atoms with E-state index in [1.165, 1.54) is 29.0 Å². The number of halogens is 1. The molecule has 0 aliphatic carbocycles. The second kappa shape index (κ2) is 10.7. The van der Waals surface area contributed by atoms with Crippen LogP contribution in [0.15, 0.2) is 41.3 Å². The molecule has 3 rings (SSSR count). The smallest absolute Gasteiger partial charge is 0.260 e. The number of hydrogen-bond donors (Lipinski definition) is 0. The Hall–Kier alpha value is -2.00. The lowest BCUT2D eigenvalue weighted by Crippen LogP contribution is -2.33. The van der Waals surface area contributed by atoms with E-state index in [-0.39, 0.29) is 29.0 Å². The highest BCUT2D eigenvalue weighted by Gasteiger charge is 2.22. The zero-order valence-corrected chi connectivity index (χ0v) is 21.5. The average Bonchev–Trinajstić information content (AvgIpc) is 3.18. The third-order valence-electron chi connectivity index (χ3n) is 5.38. The Labute approximate surface area is 200 Å². The van der Waals surface area contributed by atoms with E-state index in [4.69, 9.17) is 4.98 Å². The third kappa shape index (κ3) is 5.67. The van der Waals surface area contributed by atoms with Crippen LogP contribution >= 0.6 is 23.7 Å². The van der Waals surface area contributed by atoms with Crippen LogP contribution in [0.3, 0.4) is 0 Å². The fourth-order valence-corrected chi connectivity index (χ4v) is 5.22. The standard InChI is InChI=1S/C23H29N3O3S2.ClH/c1-6-31(28,29)19-11-9-18(10-12-19)22(27)26(15-7-14-25(4)5)23-24-21-17(3)16(2)8-13-20(21)30-23;/h8-13H,6-7,14-15H2,1-5H3;1H.